The number of nitrogens with one attached hydrogen (secondary N) is 2. The Morgan fingerprint density at radius 1 is 0.763 bits per heavy atom. The molecule has 0 saturated carbocycles. The molecule has 0 atom stereocenters. The molecule has 0 aliphatic heterocycles. The summed E-state index contributed by atoms with van der Waals surface area (Å²) in [6.07, 6.45) is -0.976. The van der Waals surface area contributed by atoms with Crippen molar-refractivity contribution in [3.8, 4) is 0 Å². The molecule has 2 aromatic carbocycles. The maximum atomic E-state index is 12.4. The second-order valence-electron chi connectivity index (χ2n) is 10.8. The highest BCUT2D eigenvalue weighted by atomic mass is 16.6. The summed E-state index contributed by atoms with van der Waals surface area (Å²) >= 11 is 0. The molecule has 206 valence electrons. The smallest absolute Gasteiger partial charge is 0.407 e. The Balaban J connectivity index is 1.72. The van der Waals surface area contributed by atoms with E-state index in [1.807, 2.05) is 102 Å². The Morgan fingerprint density at radius 3 is 1.47 bits per heavy atom. The van der Waals surface area contributed by atoms with Crippen LogP contribution in [-0.2, 0) is 20.6 Å². The number of ether oxygens (including phenoxy) is 2. The second kappa shape index (κ2) is 13.3. The van der Waals surface area contributed by atoms with E-state index in [0.29, 0.717) is 13.1 Å². The minimum atomic E-state index is -0.602. The van der Waals surface area contributed by atoms with Crippen molar-refractivity contribution in [1.82, 2.24) is 15.5 Å². The van der Waals surface area contributed by atoms with Crippen LogP contribution in [0.25, 0.3) is 11.1 Å². The van der Waals surface area contributed by atoms with E-state index in [1.165, 1.54) is 0 Å². The minimum Gasteiger partial charge on any atom is -0.448 e. The van der Waals surface area contributed by atoms with Gasteiger partial charge in [0.1, 0.15) is 13.2 Å². The summed E-state index contributed by atoms with van der Waals surface area (Å²) in [6, 6.07) is 15.9. The Morgan fingerprint density at radius 2 is 1.13 bits per heavy atom. The molecule has 0 aliphatic carbocycles. The summed E-state index contributed by atoms with van der Waals surface area (Å²) < 4.78 is 10.8. The fourth-order valence-corrected chi connectivity index (χ4v) is 3.77. The number of carbonyl (C=O) groups excluding carboxylic acids is 2. The van der Waals surface area contributed by atoms with E-state index < -0.39 is 23.3 Å². The average Bonchev–Trinajstić information content (AvgIpc) is 2.83. The van der Waals surface area contributed by atoms with Crippen molar-refractivity contribution in [3.63, 3.8) is 0 Å². The summed E-state index contributed by atoms with van der Waals surface area (Å²) in [5, 5.41) is 5.85. The van der Waals surface area contributed by atoms with E-state index in [9.17, 15) is 9.59 Å². The predicted molar refractivity (Wildman–Crippen MR) is 155 cm³/mol. The van der Waals surface area contributed by atoms with E-state index in [4.69, 9.17) is 9.47 Å². The largest absolute Gasteiger partial charge is 0.448 e. The Hall–Kier alpha value is -3.58. The molecule has 2 rings (SSSR count). The molecule has 7 nitrogen and oxygen atoms in total. The van der Waals surface area contributed by atoms with Crippen LogP contribution in [0.5, 0.6) is 0 Å². The summed E-state index contributed by atoms with van der Waals surface area (Å²) in [4.78, 5) is 26.7. The van der Waals surface area contributed by atoms with Gasteiger partial charge in [-0.2, -0.15) is 0 Å². The molecule has 7 heteroatoms. The van der Waals surface area contributed by atoms with E-state index in [1.54, 1.807) is 0 Å². The number of rotatable bonds is 12. The minimum absolute atomic E-state index is 0.211. The van der Waals surface area contributed by atoms with Crippen LogP contribution >= 0.6 is 0 Å². The SMILES string of the molecule is C=C(C)c1cccc(C(C)(C)NC(=O)OCCN(C)CCOC(=O)NC(C)(C)c2cccc(C(=C)C)c2)c1. The number of nitrogens with zero attached hydrogens (tertiary/aromatic N) is 1. The fraction of sp³-hybridized carbons (Fsp3) is 0.419. The fourth-order valence-electron chi connectivity index (χ4n) is 3.77. The van der Waals surface area contributed by atoms with Gasteiger partial charge in [-0.05, 0) is 83.0 Å². The number of hydrogen-bond donors (Lipinski definition) is 2. The van der Waals surface area contributed by atoms with Gasteiger partial charge in [-0.15, -0.1) is 0 Å². The summed E-state index contributed by atoms with van der Waals surface area (Å²) in [6.45, 7) is 21.0. The van der Waals surface area contributed by atoms with Crippen LogP contribution in [-0.4, -0.2) is 50.4 Å². The molecule has 0 bridgehead atoms. The van der Waals surface area contributed by atoms with Gasteiger partial charge in [-0.25, -0.2) is 9.59 Å². The van der Waals surface area contributed by atoms with Gasteiger partial charge in [0.25, 0.3) is 0 Å². The third-order valence-corrected chi connectivity index (χ3v) is 6.40. The zero-order chi connectivity index (χ0) is 28.5. The lowest BCUT2D eigenvalue weighted by molar-refractivity contribution is 0.108. The maximum absolute atomic E-state index is 12.4. The normalized spacial score (nSPS) is 11.6. The van der Waals surface area contributed by atoms with Gasteiger partial charge in [-0.1, -0.05) is 60.7 Å². The summed E-state index contributed by atoms with van der Waals surface area (Å²) in [5.41, 5.74) is 4.72. The highest BCUT2D eigenvalue weighted by Crippen LogP contribution is 2.24. The first-order valence-corrected chi connectivity index (χ1v) is 12.8. The van der Waals surface area contributed by atoms with Gasteiger partial charge in [0.2, 0.25) is 0 Å². The molecule has 2 N–H and O–H groups in total. The van der Waals surface area contributed by atoms with Crippen LogP contribution in [0.1, 0.15) is 63.8 Å². The van der Waals surface area contributed by atoms with Crippen LogP contribution in [0.3, 0.4) is 0 Å². The first-order valence-electron chi connectivity index (χ1n) is 12.8. The van der Waals surface area contributed by atoms with Crippen LogP contribution in [0, 0.1) is 0 Å². The number of likely N-dealkylation sites (N-methyl/N-ethyl adjacent to an activating group) is 1. The van der Waals surface area contributed by atoms with E-state index in [0.717, 1.165) is 33.4 Å². The molecule has 0 unspecified atom stereocenters. The third kappa shape index (κ3) is 9.38. The third-order valence-electron chi connectivity index (χ3n) is 6.40. The lowest BCUT2D eigenvalue weighted by Crippen LogP contribution is -2.42. The van der Waals surface area contributed by atoms with Gasteiger partial charge < -0.3 is 20.1 Å². The highest BCUT2D eigenvalue weighted by molar-refractivity contribution is 5.70. The molecule has 0 aromatic heterocycles. The molecule has 2 amide bonds. The standard InChI is InChI=1S/C31H43N3O4/c1-22(2)24-12-10-14-26(20-24)30(5,6)32-28(35)37-18-16-34(9)17-19-38-29(36)33-31(7,8)27-15-11-13-25(21-27)23(3)4/h10-15,20-21H,1,3,16-19H2,2,4-9H3,(H,32,35)(H,33,36). The van der Waals surface area contributed by atoms with Crippen molar-refractivity contribution < 1.29 is 19.1 Å². The molecule has 0 heterocycles. The first-order chi connectivity index (χ1) is 17.7. The molecule has 38 heavy (non-hydrogen) atoms. The summed E-state index contributed by atoms with van der Waals surface area (Å²) in [7, 11) is 1.88. The molecule has 2 aromatic rings. The molecule has 0 saturated heterocycles. The molecule has 0 radical (unpaired) electrons. The van der Waals surface area contributed by atoms with Crippen LogP contribution in [0.2, 0.25) is 0 Å². The van der Waals surface area contributed by atoms with Gasteiger partial charge in [0, 0.05) is 13.1 Å². The second-order valence-corrected chi connectivity index (χ2v) is 10.8. The zero-order valence-electron chi connectivity index (χ0n) is 23.9. The highest BCUT2D eigenvalue weighted by Gasteiger charge is 2.25. The van der Waals surface area contributed by atoms with Gasteiger partial charge in [0.15, 0.2) is 0 Å². The van der Waals surface area contributed by atoms with Crippen molar-refractivity contribution >= 4 is 23.3 Å². The number of allylic oxidation sites excluding steroid dienone is 2. The van der Waals surface area contributed by atoms with Gasteiger partial charge in [-0.3, -0.25) is 4.90 Å². The quantitative estimate of drug-likeness (QED) is 0.342. The molecule has 0 fully saturated rings. The Kier molecular flexibility index (Phi) is 10.7. The monoisotopic (exact) mass is 521 g/mol. The van der Waals surface area contributed by atoms with E-state index in [2.05, 4.69) is 23.8 Å². The maximum Gasteiger partial charge on any atom is 0.407 e. The van der Waals surface area contributed by atoms with Gasteiger partial charge in [0.05, 0.1) is 11.1 Å². The van der Waals surface area contributed by atoms with Gasteiger partial charge >= 0.3 is 12.2 Å². The van der Waals surface area contributed by atoms with Crippen LogP contribution < -0.4 is 10.6 Å². The molecule has 0 spiro atoms. The van der Waals surface area contributed by atoms with Crippen molar-refractivity contribution in [2.24, 2.45) is 0 Å². The predicted octanol–water partition coefficient (Wildman–Crippen LogP) is 6.31. The Bertz CT molecular complexity index is 1060. The number of alkyl carbamates (subject to hydrolysis) is 2. The molecule has 0 aliphatic rings. The zero-order valence-corrected chi connectivity index (χ0v) is 23.9. The molecular weight excluding hydrogens is 478 g/mol. The van der Waals surface area contributed by atoms with Crippen molar-refractivity contribution in [2.75, 3.05) is 33.4 Å². The van der Waals surface area contributed by atoms with Crippen molar-refractivity contribution in [1.29, 1.82) is 0 Å². The Labute approximate surface area is 227 Å². The number of benzene rings is 2. The lowest BCUT2D eigenvalue weighted by atomic mass is 9.92. The van der Waals surface area contributed by atoms with Crippen LogP contribution in [0.4, 0.5) is 9.59 Å². The summed E-state index contributed by atoms with van der Waals surface area (Å²) in [5.74, 6) is 0. The number of amides is 2. The first kappa shape index (κ1) is 30.6. The van der Waals surface area contributed by atoms with Crippen molar-refractivity contribution in [3.05, 3.63) is 83.9 Å². The lowest BCUT2D eigenvalue weighted by Gasteiger charge is -2.27. The topological polar surface area (TPSA) is 79.9 Å². The van der Waals surface area contributed by atoms with E-state index in [-0.39, 0.29) is 13.2 Å². The average molecular weight is 522 g/mol. The van der Waals surface area contributed by atoms with E-state index >= 15 is 0 Å². The van der Waals surface area contributed by atoms with Crippen molar-refractivity contribution in [2.45, 2.75) is 52.6 Å². The van der Waals surface area contributed by atoms with Crippen LogP contribution in [0.15, 0.2) is 61.7 Å². The number of carbonyl (C=O) groups is 2. The molecular formula is C31H43N3O4. The number of hydrogen-bond acceptors (Lipinski definition) is 5.